The van der Waals surface area contributed by atoms with Crippen LogP contribution in [0.3, 0.4) is 0 Å². The lowest BCUT2D eigenvalue weighted by Crippen LogP contribution is -2.45. The molecule has 1 heterocycles. The molecular weight excluding hydrogens is 382 g/mol. The number of rotatable bonds is 11. The van der Waals surface area contributed by atoms with Gasteiger partial charge in [-0.3, -0.25) is 14.5 Å². The zero-order valence-corrected chi connectivity index (χ0v) is 18.4. The van der Waals surface area contributed by atoms with Crippen LogP contribution in [0.5, 0.6) is 5.75 Å². The molecule has 0 aromatic heterocycles. The molecule has 7 heteroatoms. The lowest BCUT2D eigenvalue weighted by Gasteiger charge is -2.31. The molecule has 166 valence electrons. The van der Waals surface area contributed by atoms with E-state index in [0.29, 0.717) is 31.7 Å². The van der Waals surface area contributed by atoms with Crippen LogP contribution in [0.1, 0.15) is 42.5 Å². The van der Waals surface area contributed by atoms with Crippen LogP contribution in [0.4, 0.5) is 0 Å². The van der Waals surface area contributed by atoms with E-state index in [2.05, 4.69) is 10.2 Å². The molecule has 2 atom stereocenters. The first-order chi connectivity index (χ1) is 14.5. The van der Waals surface area contributed by atoms with Crippen LogP contribution in [0.25, 0.3) is 0 Å². The summed E-state index contributed by atoms with van der Waals surface area (Å²) in [7, 11) is 5.10. The Balaban J connectivity index is 1.54. The molecule has 1 aromatic rings. The number of methoxy groups -OCH3 is 2. The van der Waals surface area contributed by atoms with Crippen LogP contribution in [0, 0.1) is 5.92 Å². The molecule has 7 nitrogen and oxygen atoms in total. The van der Waals surface area contributed by atoms with E-state index in [1.807, 2.05) is 7.05 Å². The number of benzene rings is 1. The van der Waals surface area contributed by atoms with Crippen LogP contribution in [0.2, 0.25) is 0 Å². The van der Waals surface area contributed by atoms with Gasteiger partial charge in [-0.15, -0.1) is 0 Å². The number of amides is 2. The minimum atomic E-state index is -0.0668. The van der Waals surface area contributed by atoms with Gasteiger partial charge in [0.2, 0.25) is 5.91 Å². The van der Waals surface area contributed by atoms with Crippen molar-refractivity contribution >= 4 is 11.8 Å². The van der Waals surface area contributed by atoms with Gasteiger partial charge in [-0.25, -0.2) is 0 Å². The maximum atomic E-state index is 12.6. The number of hydrogen-bond acceptors (Lipinski definition) is 5. The molecule has 2 fully saturated rings. The number of carbonyl (C=O) groups excluding carboxylic acids is 2. The third kappa shape index (κ3) is 6.19. The first-order valence-corrected chi connectivity index (χ1v) is 10.9. The molecule has 1 saturated heterocycles. The molecule has 0 spiro atoms. The first-order valence-electron chi connectivity index (χ1n) is 10.9. The number of hydrogen-bond donors (Lipinski definition) is 1. The fourth-order valence-corrected chi connectivity index (χ4v) is 4.12. The molecule has 1 aromatic carbocycles. The average molecular weight is 418 g/mol. The normalized spacial score (nSPS) is 21.4. The van der Waals surface area contributed by atoms with Crippen molar-refractivity contribution in [2.24, 2.45) is 5.92 Å². The predicted octanol–water partition coefficient (Wildman–Crippen LogP) is 2.16. The van der Waals surface area contributed by atoms with E-state index < -0.39 is 0 Å². The Kier molecular flexibility index (Phi) is 8.10. The Labute approximate surface area is 179 Å². The fourth-order valence-electron chi connectivity index (χ4n) is 4.12. The van der Waals surface area contributed by atoms with Crippen molar-refractivity contribution in [3.05, 3.63) is 29.8 Å². The highest BCUT2D eigenvalue weighted by atomic mass is 16.5. The molecule has 1 aliphatic carbocycles. The maximum Gasteiger partial charge on any atom is 0.251 e. The fraction of sp³-hybridized carbons (Fsp3) is 0.652. The van der Waals surface area contributed by atoms with E-state index in [4.69, 9.17) is 9.47 Å². The Morgan fingerprint density at radius 3 is 2.43 bits per heavy atom. The van der Waals surface area contributed by atoms with Crippen molar-refractivity contribution in [3.8, 4) is 5.75 Å². The molecule has 3 rings (SSSR count). The van der Waals surface area contributed by atoms with E-state index in [1.165, 1.54) is 12.8 Å². The highest BCUT2D eigenvalue weighted by molar-refractivity contribution is 5.94. The highest BCUT2D eigenvalue weighted by Gasteiger charge is 2.38. The monoisotopic (exact) mass is 417 g/mol. The molecule has 0 unspecified atom stereocenters. The number of carbonyl (C=O) groups is 2. The van der Waals surface area contributed by atoms with Crippen LogP contribution >= 0.6 is 0 Å². The smallest absolute Gasteiger partial charge is 0.251 e. The largest absolute Gasteiger partial charge is 0.497 e. The lowest BCUT2D eigenvalue weighted by atomic mass is 10.1. The van der Waals surface area contributed by atoms with Gasteiger partial charge in [0.25, 0.3) is 5.91 Å². The van der Waals surface area contributed by atoms with Crippen LogP contribution in [-0.2, 0) is 9.53 Å². The molecule has 1 saturated carbocycles. The van der Waals surface area contributed by atoms with Crippen LogP contribution < -0.4 is 10.1 Å². The van der Waals surface area contributed by atoms with Gasteiger partial charge >= 0.3 is 0 Å². The molecule has 30 heavy (non-hydrogen) atoms. The van der Waals surface area contributed by atoms with Crippen molar-refractivity contribution in [1.29, 1.82) is 0 Å². The average Bonchev–Trinajstić information content (AvgIpc) is 3.51. The summed E-state index contributed by atoms with van der Waals surface area (Å²) in [6.07, 6.45) is 5.09. The van der Waals surface area contributed by atoms with Gasteiger partial charge in [0, 0.05) is 57.9 Å². The van der Waals surface area contributed by atoms with Gasteiger partial charge in [-0.1, -0.05) is 0 Å². The minimum absolute atomic E-state index is 0.0668. The lowest BCUT2D eigenvalue weighted by molar-refractivity contribution is -0.131. The first kappa shape index (κ1) is 22.6. The summed E-state index contributed by atoms with van der Waals surface area (Å²) in [4.78, 5) is 29.4. The summed E-state index contributed by atoms with van der Waals surface area (Å²) in [5, 5.41) is 3.09. The predicted molar refractivity (Wildman–Crippen MR) is 116 cm³/mol. The summed E-state index contributed by atoms with van der Waals surface area (Å²) in [5.74, 6) is 1.58. The van der Waals surface area contributed by atoms with Gasteiger partial charge in [-0.05, 0) is 55.9 Å². The van der Waals surface area contributed by atoms with Crippen molar-refractivity contribution in [2.75, 3.05) is 47.5 Å². The highest BCUT2D eigenvalue weighted by Crippen LogP contribution is 2.35. The van der Waals surface area contributed by atoms with Crippen LogP contribution in [-0.4, -0.2) is 81.2 Å². The van der Waals surface area contributed by atoms with Gasteiger partial charge in [0.1, 0.15) is 5.75 Å². The molecule has 1 N–H and O–H groups in total. The van der Waals surface area contributed by atoms with Crippen molar-refractivity contribution < 1.29 is 19.1 Å². The second kappa shape index (κ2) is 10.8. The van der Waals surface area contributed by atoms with E-state index in [0.717, 1.165) is 31.1 Å². The Bertz CT molecular complexity index is 705. The van der Waals surface area contributed by atoms with E-state index in [-0.39, 0.29) is 23.9 Å². The number of nitrogens with zero attached hydrogens (tertiary/aromatic N) is 2. The molecule has 2 amide bonds. The Morgan fingerprint density at radius 2 is 1.80 bits per heavy atom. The quantitative estimate of drug-likeness (QED) is 0.598. The van der Waals surface area contributed by atoms with Gasteiger partial charge < -0.3 is 19.7 Å². The summed E-state index contributed by atoms with van der Waals surface area (Å²) >= 11 is 0. The summed E-state index contributed by atoms with van der Waals surface area (Å²) < 4.78 is 10.2. The Hall–Kier alpha value is -2.12. The minimum Gasteiger partial charge on any atom is -0.497 e. The number of ether oxygens (including phenoxy) is 2. The molecule has 2 aliphatic rings. The third-order valence-corrected chi connectivity index (χ3v) is 6.25. The van der Waals surface area contributed by atoms with Gasteiger partial charge in [0.15, 0.2) is 0 Å². The number of nitrogens with one attached hydrogen (secondary N) is 1. The number of likely N-dealkylation sites (N-methyl/N-ethyl adjacent to an activating group) is 1. The SMILES string of the molecule is COCCN(C)C(=O)C[C@H]1CC[C@@H](CNC(=O)c2ccc(OC)cc2)N1CC1CC1. The molecule has 1 aliphatic heterocycles. The molecule has 0 bridgehead atoms. The topological polar surface area (TPSA) is 71.1 Å². The Morgan fingerprint density at radius 1 is 1.10 bits per heavy atom. The van der Waals surface area contributed by atoms with E-state index in [1.54, 1.807) is 43.4 Å². The van der Waals surface area contributed by atoms with Crippen LogP contribution in [0.15, 0.2) is 24.3 Å². The standard InChI is InChI=1S/C23H35N3O4/c1-25(12-13-29-2)22(27)14-19-8-9-20(26(19)16-17-4-5-17)15-24-23(28)18-6-10-21(30-3)11-7-18/h6-7,10-11,17,19-20H,4-5,8-9,12-16H2,1-3H3,(H,24,28)/t19-,20+/m1/s1. The molecule has 0 radical (unpaired) electrons. The summed E-state index contributed by atoms with van der Waals surface area (Å²) in [6.45, 7) is 2.81. The van der Waals surface area contributed by atoms with Gasteiger partial charge in [-0.2, -0.15) is 0 Å². The van der Waals surface area contributed by atoms with E-state index >= 15 is 0 Å². The second-order valence-corrected chi connectivity index (χ2v) is 8.48. The zero-order chi connectivity index (χ0) is 21.5. The summed E-state index contributed by atoms with van der Waals surface area (Å²) in [6, 6.07) is 7.70. The zero-order valence-electron chi connectivity index (χ0n) is 18.4. The van der Waals surface area contributed by atoms with Crippen molar-refractivity contribution in [3.63, 3.8) is 0 Å². The second-order valence-electron chi connectivity index (χ2n) is 8.48. The number of likely N-dealkylation sites (tertiary alicyclic amines) is 1. The summed E-state index contributed by atoms with van der Waals surface area (Å²) in [5.41, 5.74) is 0.633. The van der Waals surface area contributed by atoms with Gasteiger partial charge in [0.05, 0.1) is 13.7 Å². The molecular formula is C23H35N3O4. The maximum absolute atomic E-state index is 12.6. The van der Waals surface area contributed by atoms with Crippen molar-refractivity contribution in [2.45, 2.75) is 44.2 Å². The van der Waals surface area contributed by atoms with Crippen molar-refractivity contribution in [1.82, 2.24) is 15.1 Å². The third-order valence-electron chi connectivity index (χ3n) is 6.25. The van der Waals surface area contributed by atoms with E-state index in [9.17, 15) is 9.59 Å².